The van der Waals surface area contributed by atoms with E-state index in [9.17, 15) is 14.7 Å². The molecule has 1 fully saturated rings. The maximum atomic E-state index is 12.5. The summed E-state index contributed by atoms with van der Waals surface area (Å²) in [6.07, 6.45) is 6.93. The number of carbonyl (C=O) groups is 2. The van der Waals surface area contributed by atoms with Crippen LogP contribution in [0.2, 0.25) is 0 Å². The molecule has 9 heteroatoms. The van der Waals surface area contributed by atoms with E-state index in [0.717, 1.165) is 5.39 Å². The zero-order chi connectivity index (χ0) is 19.0. The fourth-order valence-electron chi connectivity index (χ4n) is 3.39. The summed E-state index contributed by atoms with van der Waals surface area (Å²) in [5.74, 6) is -0.188. The highest BCUT2D eigenvalue weighted by molar-refractivity contribution is 6.05. The van der Waals surface area contributed by atoms with E-state index in [0.29, 0.717) is 30.0 Å². The largest absolute Gasteiger partial charge is 0.386 e. The van der Waals surface area contributed by atoms with Crippen molar-refractivity contribution in [1.29, 1.82) is 0 Å². The Bertz CT molecular complexity index is 1010. The summed E-state index contributed by atoms with van der Waals surface area (Å²) in [5, 5.41) is 14.3. The first-order valence-electron chi connectivity index (χ1n) is 8.66. The van der Waals surface area contributed by atoms with Gasteiger partial charge in [-0.1, -0.05) is 0 Å². The number of rotatable bonds is 4. The van der Waals surface area contributed by atoms with Gasteiger partial charge >= 0.3 is 0 Å². The molecule has 0 aliphatic carbocycles. The summed E-state index contributed by atoms with van der Waals surface area (Å²) in [6.45, 7) is 0.620. The van der Waals surface area contributed by atoms with Gasteiger partial charge in [0.15, 0.2) is 5.82 Å². The lowest BCUT2D eigenvalue weighted by Crippen LogP contribution is -2.45. The lowest BCUT2D eigenvalue weighted by Gasteiger charge is -2.23. The predicted octanol–water partition coefficient (Wildman–Crippen LogP) is 0.303. The molecular formula is C18H20N6O3. The second-order valence-corrected chi connectivity index (χ2v) is 6.84. The molecule has 3 N–H and O–H groups in total. The maximum Gasteiger partial charge on any atom is 0.289 e. The maximum absolute atomic E-state index is 12.5. The molecule has 0 saturated carbocycles. The number of pyridine rings is 1. The Hall–Kier alpha value is -3.20. The topological polar surface area (TPSA) is 116 Å². The number of aromatic amines is 1. The van der Waals surface area contributed by atoms with E-state index in [-0.39, 0.29) is 24.9 Å². The number of H-pyrrole nitrogens is 1. The number of aromatic nitrogens is 4. The molecule has 140 valence electrons. The number of aliphatic hydroxyl groups is 1. The zero-order valence-corrected chi connectivity index (χ0v) is 14.8. The van der Waals surface area contributed by atoms with Crippen molar-refractivity contribution in [1.82, 2.24) is 29.7 Å². The summed E-state index contributed by atoms with van der Waals surface area (Å²) in [5.41, 5.74) is -0.0429. The Labute approximate surface area is 155 Å². The first-order valence-corrected chi connectivity index (χ1v) is 8.66. The second-order valence-electron chi connectivity index (χ2n) is 6.84. The average Bonchev–Trinajstić information content (AvgIpc) is 3.38. The molecular weight excluding hydrogens is 348 g/mol. The number of nitrogens with zero attached hydrogens (tertiary/aromatic N) is 4. The van der Waals surface area contributed by atoms with Crippen LogP contribution in [0.15, 0.2) is 36.9 Å². The van der Waals surface area contributed by atoms with Gasteiger partial charge in [0.05, 0.1) is 12.1 Å². The predicted molar refractivity (Wildman–Crippen MR) is 97.1 cm³/mol. The van der Waals surface area contributed by atoms with E-state index in [1.807, 2.05) is 0 Å². The number of likely N-dealkylation sites (tertiary alicyclic amines) is 1. The number of fused-ring (bicyclic) bond motifs is 1. The third-order valence-electron chi connectivity index (χ3n) is 4.91. The number of carbonyl (C=O) groups excluding carboxylic acids is 2. The molecule has 0 bridgehead atoms. The van der Waals surface area contributed by atoms with Gasteiger partial charge < -0.3 is 24.9 Å². The zero-order valence-electron chi connectivity index (χ0n) is 14.8. The smallest absolute Gasteiger partial charge is 0.289 e. The Balaban J connectivity index is 1.41. The minimum Gasteiger partial charge on any atom is -0.386 e. The molecule has 4 heterocycles. The van der Waals surface area contributed by atoms with Crippen molar-refractivity contribution in [3.63, 3.8) is 0 Å². The molecule has 0 radical (unpaired) electrons. The first-order chi connectivity index (χ1) is 13.0. The molecule has 2 amide bonds. The number of hydrogen-bond acceptors (Lipinski definition) is 5. The summed E-state index contributed by atoms with van der Waals surface area (Å²) in [6, 6.07) is 3.43. The Morgan fingerprint density at radius 3 is 2.96 bits per heavy atom. The van der Waals surface area contributed by atoms with Gasteiger partial charge in [0, 0.05) is 50.3 Å². The summed E-state index contributed by atoms with van der Waals surface area (Å²) in [4.78, 5) is 37.8. The standard InChI is InChI=1S/C18H20N6O3/c1-23-9-7-21-15(23)17(26)24-8-4-18(27,11-24)10-22-16(25)13-3-6-20-14-12(13)2-5-19-14/h2-3,5-7,9,27H,4,8,10-11H2,1H3,(H,19,20)(H,22,25). The number of hydrogen-bond donors (Lipinski definition) is 3. The van der Waals surface area contributed by atoms with Crippen molar-refractivity contribution in [3.8, 4) is 0 Å². The quantitative estimate of drug-likeness (QED) is 0.613. The van der Waals surface area contributed by atoms with Crippen LogP contribution in [0.3, 0.4) is 0 Å². The molecule has 1 atom stereocenters. The SMILES string of the molecule is Cn1ccnc1C(=O)N1CCC(O)(CNC(=O)c2ccnc3[nH]ccc23)C1. The van der Waals surface area contributed by atoms with E-state index >= 15 is 0 Å². The van der Waals surface area contributed by atoms with E-state index in [1.165, 1.54) is 0 Å². The van der Waals surface area contributed by atoms with Crippen molar-refractivity contribution < 1.29 is 14.7 Å². The molecule has 9 nitrogen and oxygen atoms in total. The molecule has 1 aliphatic heterocycles. The van der Waals surface area contributed by atoms with Crippen LogP contribution in [0.1, 0.15) is 27.4 Å². The normalized spacial score (nSPS) is 19.6. The average molecular weight is 368 g/mol. The molecule has 27 heavy (non-hydrogen) atoms. The fourth-order valence-corrected chi connectivity index (χ4v) is 3.39. The van der Waals surface area contributed by atoms with Crippen LogP contribution < -0.4 is 5.32 Å². The van der Waals surface area contributed by atoms with Gasteiger partial charge in [-0.15, -0.1) is 0 Å². The van der Waals surface area contributed by atoms with Crippen LogP contribution in [-0.4, -0.2) is 66.6 Å². The van der Waals surface area contributed by atoms with Gasteiger partial charge in [-0.25, -0.2) is 9.97 Å². The Kier molecular flexibility index (Phi) is 4.15. The Morgan fingerprint density at radius 1 is 1.33 bits per heavy atom. The van der Waals surface area contributed by atoms with Crippen molar-refractivity contribution in [2.24, 2.45) is 7.05 Å². The van der Waals surface area contributed by atoms with E-state index in [4.69, 9.17) is 0 Å². The highest BCUT2D eigenvalue weighted by atomic mass is 16.3. The van der Waals surface area contributed by atoms with Crippen molar-refractivity contribution in [3.05, 3.63) is 48.3 Å². The lowest BCUT2D eigenvalue weighted by atomic mass is 10.0. The molecule has 3 aromatic heterocycles. The number of nitrogens with one attached hydrogen (secondary N) is 2. The van der Waals surface area contributed by atoms with Crippen LogP contribution >= 0.6 is 0 Å². The molecule has 1 saturated heterocycles. The van der Waals surface area contributed by atoms with Gasteiger partial charge in [-0.3, -0.25) is 9.59 Å². The first kappa shape index (κ1) is 17.2. The van der Waals surface area contributed by atoms with Crippen LogP contribution in [0.4, 0.5) is 0 Å². The van der Waals surface area contributed by atoms with Crippen molar-refractivity contribution in [2.45, 2.75) is 12.0 Å². The minimum atomic E-state index is -1.17. The lowest BCUT2D eigenvalue weighted by molar-refractivity contribution is 0.0423. The van der Waals surface area contributed by atoms with Gasteiger partial charge in [-0.2, -0.15) is 0 Å². The van der Waals surface area contributed by atoms with Gasteiger partial charge in [0.25, 0.3) is 11.8 Å². The highest BCUT2D eigenvalue weighted by Gasteiger charge is 2.39. The molecule has 3 aromatic rings. The molecule has 4 rings (SSSR count). The van der Waals surface area contributed by atoms with Crippen LogP contribution in [0.5, 0.6) is 0 Å². The molecule has 1 unspecified atom stereocenters. The minimum absolute atomic E-state index is 0.0599. The van der Waals surface area contributed by atoms with Crippen molar-refractivity contribution >= 4 is 22.8 Å². The summed E-state index contributed by atoms with van der Waals surface area (Å²) < 4.78 is 1.65. The fraction of sp³-hybridized carbons (Fsp3) is 0.333. The summed E-state index contributed by atoms with van der Waals surface area (Å²) in [7, 11) is 1.75. The molecule has 1 aliphatic rings. The number of imidazole rings is 1. The number of amides is 2. The van der Waals surface area contributed by atoms with Gasteiger partial charge in [-0.05, 0) is 18.6 Å². The van der Waals surface area contributed by atoms with Gasteiger partial charge in [0.1, 0.15) is 11.2 Å². The third-order valence-corrected chi connectivity index (χ3v) is 4.91. The number of aryl methyl sites for hydroxylation is 1. The van der Waals surface area contributed by atoms with Crippen LogP contribution in [-0.2, 0) is 7.05 Å². The van der Waals surface area contributed by atoms with Crippen molar-refractivity contribution in [2.75, 3.05) is 19.6 Å². The third kappa shape index (κ3) is 3.17. The second kappa shape index (κ2) is 6.51. The van der Waals surface area contributed by atoms with Crippen LogP contribution in [0, 0.1) is 0 Å². The highest BCUT2D eigenvalue weighted by Crippen LogP contribution is 2.22. The monoisotopic (exact) mass is 368 g/mol. The molecule has 0 aromatic carbocycles. The Morgan fingerprint density at radius 2 is 2.19 bits per heavy atom. The number of β-amino-alcohol motifs (C(OH)–C–C–N with tert-alkyl or cyclic N) is 1. The van der Waals surface area contributed by atoms with E-state index in [1.54, 1.807) is 53.4 Å². The van der Waals surface area contributed by atoms with E-state index in [2.05, 4.69) is 20.3 Å². The van der Waals surface area contributed by atoms with E-state index < -0.39 is 5.60 Å². The summed E-state index contributed by atoms with van der Waals surface area (Å²) >= 11 is 0. The van der Waals surface area contributed by atoms with Gasteiger partial charge in [0.2, 0.25) is 0 Å². The molecule has 0 spiro atoms. The van der Waals surface area contributed by atoms with Crippen LogP contribution in [0.25, 0.3) is 11.0 Å².